The predicted molar refractivity (Wildman–Crippen MR) is 129 cm³/mol. The molecule has 35 heavy (non-hydrogen) atoms. The van der Waals surface area contributed by atoms with E-state index in [0.29, 0.717) is 31.1 Å². The molecule has 1 amide bonds. The third-order valence-electron chi connectivity index (χ3n) is 6.25. The normalized spacial score (nSPS) is 15.7. The van der Waals surface area contributed by atoms with Crippen molar-refractivity contribution in [2.75, 3.05) is 27.3 Å². The van der Waals surface area contributed by atoms with Crippen LogP contribution in [-0.2, 0) is 6.42 Å². The van der Waals surface area contributed by atoms with Crippen LogP contribution in [0.5, 0.6) is 11.5 Å². The summed E-state index contributed by atoms with van der Waals surface area (Å²) in [6, 6.07) is 17.0. The monoisotopic (exact) mass is 473 g/mol. The number of piperidine rings is 1. The Bertz CT molecular complexity index is 1290. The Morgan fingerprint density at radius 2 is 1.91 bits per heavy atom. The Labute approximate surface area is 203 Å². The van der Waals surface area contributed by atoms with Crippen LogP contribution >= 0.6 is 0 Å². The second-order valence-corrected chi connectivity index (χ2v) is 8.59. The van der Waals surface area contributed by atoms with Crippen LogP contribution in [0.1, 0.15) is 46.5 Å². The summed E-state index contributed by atoms with van der Waals surface area (Å²) in [5, 5.41) is 4.09. The topological polar surface area (TPSA) is 90.8 Å². The number of hydrogen-bond acceptors (Lipinski definition) is 7. The molecule has 0 saturated carbocycles. The summed E-state index contributed by atoms with van der Waals surface area (Å²) >= 11 is 0. The molecule has 0 radical (unpaired) electrons. The van der Waals surface area contributed by atoms with Gasteiger partial charge in [-0.2, -0.15) is 0 Å². The first-order chi connectivity index (χ1) is 17.1. The second kappa shape index (κ2) is 10.0. The van der Waals surface area contributed by atoms with E-state index in [1.807, 2.05) is 48.5 Å². The van der Waals surface area contributed by atoms with Gasteiger partial charge in [0.15, 0.2) is 5.89 Å². The molecule has 2 aromatic heterocycles. The quantitative estimate of drug-likeness (QED) is 0.375. The summed E-state index contributed by atoms with van der Waals surface area (Å²) in [6.07, 6.45) is 4.18. The summed E-state index contributed by atoms with van der Waals surface area (Å²) < 4.78 is 22.0. The molecule has 0 N–H and O–H groups in total. The van der Waals surface area contributed by atoms with Gasteiger partial charge in [-0.1, -0.05) is 17.3 Å². The number of benzene rings is 2. The summed E-state index contributed by atoms with van der Waals surface area (Å²) in [5.41, 5.74) is 2.55. The van der Waals surface area contributed by atoms with E-state index in [-0.39, 0.29) is 17.6 Å². The second-order valence-electron chi connectivity index (χ2n) is 8.59. The molecule has 1 atom stereocenters. The van der Waals surface area contributed by atoms with Crippen molar-refractivity contribution in [3.63, 3.8) is 0 Å². The van der Waals surface area contributed by atoms with E-state index in [4.69, 9.17) is 18.4 Å². The van der Waals surface area contributed by atoms with Gasteiger partial charge >= 0.3 is 0 Å². The van der Waals surface area contributed by atoms with Crippen molar-refractivity contribution in [3.8, 4) is 22.8 Å². The molecule has 0 bridgehead atoms. The van der Waals surface area contributed by atoms with E-state index in [9.17, 15) is 4.79 Å². The Balaban J connectivity index is 1.24. The van der Waals surface area contributed by atoms with E-state index < -0.39 is 0 Å². The lowest BCUT2D eigenvalue weighted by Crippen LogP contribution is -2.39. The van der Waals surface area contributed by atoms with Crippen molar-refractivity contribution in [2.24, 2.45) is 0 Å². The minimum absolute atomic E-state index is 0.0377. The molecule has 1 saturated heterocycles. The Morgan fingerprint density at radius 1 is 1.09 bits per heavy atom. The molecule has 0 unspecified atom stereocenters. The molecular weight excluding hydrogens is 446 g/mol. The molecule has 2 aromatic carbocycles. The lowest BCUT2D eigenvalue weighted by Gasteiger charge is -2.30. The lowest BCUT2D eigenvalue weighted by molar-refractivity contribution is 0.0656. The lowest BCUT2D eigenvalue weighted by atomic mass is 9.97. The highest BCUT2D eigenvalue weighted by Gasteiger charge is 2.30. The average Bonchev–Trinajstić information content (AvgIpc) is 3.59. The summed E-state index contributed by atoms with van der Waals surface area (Å²) in [7, 11) is 3.27. The number of hydrogen-bond donors (Lipinski definition) is 0. The molecule has 8 heteroatoms. The van der Waals surface area contributed by atoms with Gasteiger partial charge in [0.2, 0.25) is 5.76 Å². The fourth-order valence-corrected chi connectivity index (χ4v) is 4.37. The average molecular weight is 474 g/mol. The molecule has 0 spiro atoms. The van der Waals surface area contributed by atoms with Crippen LogP contribution < -0.4 is 9.47 Å². The zero-order chi connectivity index (χ0) is 24.2. The van der Waals surface area contributed by atoms with Crippen molar-refractivity contribution in [3.05, 3.63) is 83.8 Å². The summed E-state index contributed by atoms with van der Waals surface area (Å²) in [6.45, 7) is 1.18. The number of nitrogens with zero attached hydrogens (tertiary/aromatic N) is 3. The van der Waals surface area contributed by atoms with Gasteiger partial charge in [-0.05, 0) is 54.8 Å². The van der Waals surface area contributed by atoms with Crippen molar-refractivity contribution in [1.29, 1.82) is 0 Å². The molecule has 8 nitrogen and oxygen atoms in total. The van der Waals surface area contributed by atoms with E-state index >= 15 is 0 Å². The maximum Gasteiger partial charge on any atom is 0.292 e. The van der Waals surface area contributed by atoms with Crippen LogP contribution in [0.3, 0.4) is 0 Å². The van der Waals surface area contributed by atoms with E-state index in [1.54, 1.807) is 31.4 Å². The van der Waals surface area contributed by atoms with Crippen molar-refractivity contribution in [2.45, 2.75) is 25.2 Å². The van der Waals surface area contributed by atoms with Crippen LogP contribution in [-0.4, -0.2) is 48.3 Å². The Hall–Kier alpha value is -4.07. The molecular formula is C27H27N3O5. The zero-order valence-electron chi connectivity index (χ0n) is 19.8. The van der Waals surface area contributed by atoms with Crippen LogP contribution in [0, 0.1) is 0 Å². The molecule has 180 valence electrons. The first-order valence-electron chi connectivity index (χ1n) is 11.6. The van der Waals surface area contributed by atoms with E-state index in [2.05, 4.69) is 10.1 Å². The number of methoxy groups -OCH3 is 2. The summed E-state index contributed by atoms with van der Waals surface area (Å²) in [5.74, 6) is 3.11. The highest BCUT2D eigenvalue weighted by atomic mass is 16.5. The van der Waals surface area contributed by atoms with Gasteiger partial charge in [-0.25, -0.2) is 4.98 Å². The van der Waals surface area contributed by atoms with Gasteiger partial charge in [0.1, 0.15) is 23.0 Å². The van der Waals surface area contributed by atoms with Crippen LogP contribution in [0.2, 0.25) is 0 Å². The Morgan fingerprint density at radius 3 is 2.71 bits per heavy atom. The molecule has 1 aliphatic rings. The molecule has 3 heterocycles. The fraction of sp³-hybridized carbons (Fsp3) is 0.296. The smallest absolute Gasteiger partial charge is 0.292 e. The number of ether oxygens (including phenoxy) is 2. The van der Waals surface area contributed by atoms with Gasteiger partial charge in [-0.15, -0.1) is 0 Å². The molecule has 4 aromatic rings. The predicted octanol–water partition coefficient (Wildman–Crippen LogP) is 4.96. The number of rotatable bonds is 7. The molecule has 1 aliphatic heterocycles. The number of carbonyl (C=O) groups excluding carboxylic acids is 1. The number of amides is 1. The number of carbonyl (C=O) groups is 1. The highest BCUT2D eigenvalue weighted by Crippen LogP contribution is 2.29. The van der Waals surface area contributed by atoms with E-state index in [0.717, 1.165) is 41.2 Å². The number of oxazole rings is 1. The minimum Gasteiger partial charge on any atom is -0.497 e. The van der Waals surface area contributed by atoms with Gasteiger partial charge in [0.25, 0.3) is 5.91 Å². The van der Waals surface area contributed by atoms with Crippen molar-refractivity contribution >= 4 is 5.91 Å². The first kappa shape index (κ1) is 22.7. The van der Waals surface area contributed by atoms with Gasteiger partial charge in [0, 0.05) is 31.1 Å². The molecule has 1 fully saturated rings. The Kier molecular flexibility index (Phi) is 6.52. The van der Waals surface area contributed by atoms with Crippen molar-refractivity contribution < 1.29 is 23.2 Å². The minimum atomic E-state index is -0.176. The highest BCUT2D eigenvalue weighted by molar-refractivity contribution is 5.92. The van der Waals surface area contributed by atoms with Gasteiger partial charge < -0.3 is 23.3 Å². The third kappa shape index (κ3) is 5.06. The van der Waals surface area contributed by atoms with Gasteiger partial charge in [0.05, 0.1) is 26.3 Å². The first-order valence-corrected chi connectivity index (χ1v) is 11.6. The fourth-order valence-electron chi connectivity index (χ4n) is 4.37. The van der Waals surface area contributed by atoms with Crippen LogP contribution in [0.4, 0.5) is 0 Å². The summed E-state index contributed by atoms with van der Waals surface area (Å²) in [4.78, 5) is 19.4. The largest absolute Gasteiger partial charge is 0.497 e. The zero-order valence-corrected chi connectivity index (χ0v) is 19.8. The third-order valence-corrected chi connectivity index (χ3v) is 6.25. The SMILES string of the molecule is COc1ccc(-c2cc(C(=O)N3CCC[C@@H](c4ncc(Cc5cccc(OC)c5)o4)C3)on2)cc1. The maximum atomic E-state index is 13.1. The van der Waals surface area contributed by atoms with E-state index in [1.165, 1.54) is 0 Å². The molecule has 5 rings (SSSR count). The van der Waals surface area contributed by atoms with Crippen molar-refractivity contribution in [1.82, 2.24) is 15.0 Å². The number of aromatic nitrogens is 2. The maximum absolute atomic E-state index is 13.1. The van der Waals surface area contributed by atoms with Crippen LogP contribution in [0.15, 0.2) is 69.7 Å². The van der Waals surface area contributed by atoms with Gasteiger partial charge in [-0.3, -0.25) is 4.79 Å². The number of likely N-dealkylation sites (tertiary alicyclic amines) is 1. The standard InChI is InChI=1S/C27H27N3O5/c1-32-21-10-8-19(9-11-21)24-15-25(35-29-24)27(31)30-12-4-6-20(17-30)26-28-16-23(34-26)14-18-5-3-7-22(13-18)33-2/h3,5,7-11,13,15-16,20H,4,6,12,14,17H2,1-2H3/t20-/m1/s1. The molecule has 0 aliphatic carbocycles. The van der Waals surface area contributed by atoms with Crippen LogP contribution in [0.25, 0.3) is 11.3 Å².